The van der Waals surface area contributed by atoms with Gasteiger partial charge >= 0.3 is 0 Å². The van der Waals surface area contributed by atoms with Gasteiger partial charge in [0.15, 0.2) is 10.9 Å². The fraction of sp³-hybridized carbons (Fsp3) is 0.136. The van der Waals surface area contributed by atoms with Gasteiger partial charge in [0.05, 0.1) is 30.0 Å². The first-order valence-corrected chi connectivity index (χ1v) is 10.5. The van der Waals surface area contributed by atoms with Crippen molar-refractivity contribution in [2.45, 2.75) is 12.1 Å². The maximum atomic E-state index is 13.8. The van der Waals surface area contributed by atoms with E-state index in [2.05, 4.69) is 15.5 Å². The second-order valence-electron chi connectivity index (χ2n) is 6.36. The zero-order chi connectivity index (χ0) is 21.6. The number of nitrogens with zero attached hydrogens (tertiary/aromatic N) is 3. The molecule has 0 saturated carbocycles. The number of benzene rings is 2. The number of carbonyl (C=O) groups excluding carboxylic acids is 1. The van der Waals surface area contributed by atoms with Gasteiger partial charge in [0, 0.05) is 0 Å². The van der Waals surface area contributed by atoms with Gasteiger partial charge in [-0.2, -0.15) is 0 Å². The summed E-state index contributed by atoms with van der Waals surface area (Å²) in [4.78, 5) is 12.3. The summed E-state index contributed by atoms with van der Waals surface area (Å²) in [6.45, 7) is 2.49. The summed E-state index contributed by atoms with van der Waals surface area (Å²) in [6, 6.07) is 17.0. The summed E-state index contributed by atoms with van der Waals surface area (Å²) in [6.07, 6.45) is 1.56. The molecular formula is C22H19FN4O3S. The number of para-hydroxylation sites is 1. The molecule has 0 atom stereocenters. The van der Waals surface area contributed by atoms with E-state index in [1.54, 1.807) is 35.1 Å². The number of aromatic nitrogens is 3. The second-order valence-corrected chi connectivity index (χ2v) is 7.31. The van der Waals surface area contributed by atoms with Gasteiger partial charge in [0.1, 0.15) is 11.6 Å². The van der Waals surface area contributed by atoms with Crippen molar-refractivity contribution in [3.63, 3.8) is 0 Å². The Kier molecular flexibility index (Phi) is 6.32. The molecular weight excluding hydrogens is 419 g/mol. The van der Waals surface area contributed by atoms with Crippen LogP contribution in [0.5, 0.6) is 5.75 Å². The fourth-order valence-electron chi connectivity index (χ4n) is 2.90. The number of carbonyl (C=O) groups is 1. The average Bonchev–Trinajstić information content (AvgIpc) is 3.44. The number of rotatable bonds is 8. The Labute approximate surface area is 182 Å². The van der Waals surface area contributed by atoms with E-state index in [0.717, 1.165) is 11.4 Å². The molecule has 2 aromatic heterocycles. The van der Waals surface area contributed by atoms with E-state index >= 15 is 0 Å². The largest absolute Gasteiger partial charge is 0.494 e. The van der Waals surface area contributed by atoms with E-state index in [-0.39, 0.29) is 17.3 Å². The SMILES string of the molecule is CCOc1ccc(-n2c(SCC(=O)Nc3ccccc3F)nnc2-c2ccco2)cc1. The predicted octanol–water partition coefficient (Wildman–Crippen LogP) is 4.80. The third kappa shape index (κ3) is 4.77. The molecule has 2 heterocycles. The van der Waals surface area contributed by atoms with Crippen LogP contribution in [-0.2, 0) is 4.79 Å². The van der Waals surface area contributed by atoms with Crippen molar-refractivity contribution in [3.05, 3.63) is 72.7 Å². The Hall–Kier alpha value is -3.59. The molecule has 2 aromatic carbocycles. The van der Waals surface area contributed by atoms with Crippen LogP contribution in [0.4, 0.5) is 10.1 Å². The molecule has 1 amide bonds. The van der Waals surface area contributed by atoms with Gasteiger partial charge in [-0.1, -0.05) is 23.9 Å². The Bertz CT molecular complexity index is 1160. The van der Waals surface area contributed by atoms with Crippen LogP contribution >= 0.6 is 11.8 Å². The number of hydrogen-bond donors (Lipinski definition) is 1. The van der Waals surface area contributed by atoms with E-state index in [4.69, 9.17) is 9.15 Å². The molecule has 4 aromatic rings. The molecule has 0 spiro atoms. The maximum Gasteiger partial charge on any atom is 0.234 e. The van der Waals surface area contributed by atoms with Crippen molar-refractivity contribution in [1.82, 2.24) is 14.8 Å². The molecule has 4 rings (SSSR count). The molecule has 0 radical (unpaired) electrons. The summed E-state index contributed by atoms with van der Waals surface area (Å²) in [5.41, 5.74) is 0.925. The smallest absolute Gasteiger partial charge is 0.234 e. The standard InChI is InChI=1S/C22H19FN4O3S/c1-2-29-16-11-9-15(10-12-16)27-21(19-8-5-13-30-19)25-26-22(27)31-14-20(28)24-18-7-4-3-6-17(18)23/h3-13H,2,14H2,1H3,(H,24,28). The third-order valence-electron chi connectivity index (χ3n) is 4.26. The quantitative estimate of drug-likeness (QED) is 0.398. The van der Waals surface area contributed by atoms with Crippen LogP contribution in [0.25, 0.3) is 17.3 Å². The molecule has 7 nitrogen and oxygen atoms in total. The lowest BCUT2D eigenvalue weighted by Gasteiger charge is -2.11. The van der Waals surface area contributed by atoms with Crippen molar-refractivity contribution >= 4 is 23.4 Å². The van der Waals surface area contributed by atoms with Crippen LogP contribution in [0.15, 0.2) is 76.5 Å². The van der Waals surface area contributed by atoms with E-state index < -0.39 is 5.82 Å². The molecule has 0 aliphatic heterocycles. The number of ether oxygens (including phenoxy) is 1. The normalized spacial score (nSPS) is 10.8. The van der Waals surface area contributed by atoms with Crippen molar-refractivity contribution in [2.75, 3.05) is 17.7 Å². The number of halogens is 1. The number of thioether (sulfide) groups is 1. The van der Waals surface area contributed by atoms with Gasteiger partial charge in [-0.3, -0.25) is 9.36 Å². The summed E-state index contributed by atoms with van der Waals surface area (Å²) < 4.78 is 26.6. The number of furan rings is 1. The average molecular weight is 438 g/mol. The lowest BCUT2D eigenvalue weighted by atomic mass is 10.3. The Morgan fingerprint density at radius 2 is 1.94 bits per heavy atom. The second kappa shape index (κ2) is 9.48. The highest BCUT2D eigenvalue weighted by Crippen LogP contribution is 2.29. The summed E-state index contributed by atoms with van der Waals surface area (Å²) in [7, 11) is 0. The van der Waals surface area contributed by atoms with Crippen molar-refractivity contribution in [3.8, 4) is 23.0 Å². The zero-order valence-corrected chi connectivity index (χ0v) is 17.4. The zero-order valence-electron chi connectivity index (χ0n) is 16.6. The third-order valence-corrected chi connectivity index (χ3v) is 5.19. The van der Waals surface area contributed by atoms with E-state index in [1.165, 1.54) is 23.9 Å². The van der Waals surface area contributed by atoms with Crippen molar-refractivity contribution in [2.24, 2.45) is 0 Å². The number of nitrogens with one attached hydrogen (secondary N) is 1. The first-order valence-electron chi connectivity index (χ1n) is 9.55. The van der Waals surface area contributed by atoms with Gasteiger partial charge in [-0.05, 0) is 55.5 Å². The molecule has 0 aliphatic rings. The topological polar surface area (TPSA) is 82.2 Å². The molecule has 0 bridgehead atoms. The van der Waals surface area contributed by atoms with Crippen LogP contribution < -0.4 is 10.1 Å². The fourth-order valence-corrected chi connectivity index (χ4v) is 3.65. The number of hydrogen-bond acceptors (Lipinski definition) is 6. The molecule has 9 heteroatoms. The lowest BCUT2D eigenvalue weighted by molar-refractivity contribution is -0.113. The molecule has 0 aliphatic carbocycles. The van der Waals surface area contributed by atoms with Crippen molar-refractivity contribution < 1.29 is 18.3 Å². The van der Waals surface area contributed by atoms with Gasteiger partial charge in [-0.25, -0.2) is 4.39 Å². The van der Waals surface area contributed by atoms with Crippen LogP contribution in [0, 0.1) is 5.82 Å². The minimum atomic E-state index is -0.487. The molecule has 31 heavy (non-hydrogen) atoms. The number of anilines is 1. The van der Waals surface area contributed by atoms with E-state index in [0.29, 0.717) is 23.3 Å². The van der Waals surface area contributed by atoms with Crippen LogP contribution in [0.3, 0.4) is 0 Å². The number of amides is 1. The van der Waals surface area contributed by atoms with Crippen LogP contribution in [0.2, 0.25) is 0 Å². The molecule has 0 saturated heterocycles. The van der Waals surface area contributed by atoms with Crippen molar-refractivity contribution in [1.29, 1.82) is 0 Å². The molecule has 158 valence electrons. The highest BCUT2D eigenvalue weighted by Gasteiger charge is 2.19. The minimum Gasteiger partial charge on any atom is -0.494 e. The van der Waals surface area contributed by atoms with Gasteiger partial charge < -0.3 is 14.5 Å². The van der Waals surface area contributed by atoms with Crippen LogP contribution in [0.1, 0.15) is 6.92 Å². The Morgan fingerprint density at radius 1 is 1.13 bits per heavy atom. The summed E-state index contributed by atoms with van der Waals surface area (Å²) in [5, 5.41) is 11.5. The Balaban J connectivity index is 1.57. The maximum absolute atomic E-state index is 13.8. The highest BCUT2D eigenvalue weighted by atomic mass is 32.2. The van der Waals surface area contributed by atoms with Crippen LogP contribution in [-0.4, -0.2) is 33.0 Å². The molecule has 0 fully saturated rings. The van der Waals surface area contributed by atoms with Gasteiger partial charge in [0.2, 0.25) is 11.7 Å². The summed E-state index contributed by atoms with van der Waals surface area (Å²) >= 11 is 1.19. The first-order chi connectivity index (χ1) is 15.2. The molecule has 1 N–H and O–H groups in total. The summed E-state index contributed by atoms with van der Waals surface area (Å²) in [5.74, 6) is 0.990. The highest BCUT2D eigenvalue weighted by molar-refractivity contribution is 7.99. The Morgan fingerprint density at radius 3 is 2.65 bits per heavy atom. The van der Waals surface area contributed by atoms with E-state index in [1.807, 2.05) is 31.2 Å². The first kappa shape index (κ1) is 20.7. The minimum absolute atomic E-state index is 0.0294. The predicted molar refractivity (Wildman–Crippen MR) is 116 cm³/mol. The van der Waals surface area contributed by atoms with Gasteiger partial charge in [-0.15, -0.1) is 10.2 Å². The van der Waals surface area contributed by atoms with E-state index in [9.17, 15) is 9.18 Å². The van der Waals surface area contributed by atoms with Gasteiger partial charge in [0.25, 0.3) is 0 Å². The molecule has 0 unspecified atom stereocenters. The lowest BCUT2D eigenvalue weighted by Crippen LogP contribution is -2.15. The monoisotopic (exact) mass is 438 g/mol.